The number of pyridine rings is 1. The second-order valence-corrected chi connectivity index (χ2v) is 6.32. The lowest BCUT2D eigenvalue weighted by atomic mass is 9.91. The second-order valence-electron chi connectivity index (χ2n) is 6.32. The normalized spacial score (nSPS) is 17.6. The maximum absolute atomic E-state index is 4.73. The molecule has 5 nitrogen and oxygen atoms in total. The lowest BCUT2D eigenvalue weighted by Gasteiger charge is -2.31. The van der Waals surface area contributed by atoms with E-state index < -0.39 is 0 Å². The van der Waals surface area contributed by atoms with Crippen molar-refractivity contribution in [2.24, 2.45) is 0 Å². The molecule has 4 rings (SSSR count). The van der Waals surface area contributed by atoms with Crippen LogP contribution in [0, 0.1) is 6.92 Å². The molecule has 1 atom stereocenters. The molecular weight excluding hydrogens is 286 g/mol. The number of aryl methyl sites for hydroxylation is 2. The Kier molecular flexibility index (Phi) is 3.58. The third-order valence-electron chi connectivity index (χ3n) is 4.73. The Labute approximate surface area is 136 Å². The Morgan fingerprint density at radius 1 is 1.26 bits per heavy atom. The first kappa shape index (κ1) is 14.3. The first-order valence-electron chi connectivity index (χ1n) is 8.16. The minimum absolute atomic E-state index is 0.379. The van der Waals surface area contributed by atoms with E-state index in [1.165, 1.54) is 17.7 Å². The average molecular weight is 307 g/mol. The van der Waals surface area contributed by atoms with Crippen LogP contribution in [0.25, 0.3) is 5.65 Å². The van der Waals surface area contributed by atoms with Crippen molar-refractivity contribution in [3.05, 3.63) is 59.6 Å². The molecule has 3 aromatic heterocycles. The van der Waals surface area contributed by atoms with Crippen LogP contribution < -0.4 is 0 Å². The highest BCUT2D eigenvalue weighted by molar-refractivity contribution is 5.39. The maximum atomic E-state index is 4.73. The summed E-state index contributed by atoms with van der Waals surface area (Å²) in [4.78, 5) is 16.1. The molecule has 0 aliphatic heterocycles. The van der Waals surface area contributed by atoms with Gasteiger partial charge in [0, 0.05) is 25.1 Å². The van der Waals surface area contributed by atoms with E-state index in [0.29, 0.717) is 6.04 Å². The average Bonchev–Trinajstić information content (AvgIpc) is 2.98. The van der Waals surface area contributed by atoms with Crippen molar-refractivity contribution in [3.63, 3.8) is 0 Å². The number of hydrogen-bond acceptors (Lipinski definition) is 4. The lowest BCUT2D eigenvalue weighted by molar-refractivity contribution is 0.206. The highest BCUT2D eigenvalue weighted by atomic mass is 15.2. The van der Waals surface area contributed by atoms with Gasteiger partial charge in [0.1, 0.15) is 11.5 Å². The van der Waals surface area contributed by atoms with E-state index >= 15 is 0 Å². The minimum atomic E-state index is 0.379. The summed E-state index contributed by atoms with van der Waals surface area (Å²) in [5.41, 5.74) is 4.67. The van der Waals surface area contributed by atoms with Crippen molar-refractivity contribution in [2.75, 3.05) is 7.05 Å². The zero-order valence-electron chi connectivity index (χ0n) is 13.6. The number of rotatable bonds is 3. The molecule has 1 aliphatic rings. The van der Waals surface area contributed by atoms with E-state index in [1.807, 2.05) is 31.5 Å². The highest BCUT2D eigenvalue weighted by Gasteiger charge is 2.25. The fourth-order valence-electron chi connectivity index (χ4n) is 3.55. The van der Waals surface area contributed by atoms with Gasteiger partial charge in [0.2, 0.25) is 0 Å². The molecule has 0 spiro atoms. The maximum Gasteiger partial charge on any atom is 0.139 e. The molecule has 0 aromatic carbocycles. The summed E-state index contributed by atoms with van der Waals surface area (Å²) in [7, 11) is 2.17. The quantitative estimate of drug-likeness (QED) is 0.746. The van der Waals surface area contributed by atoms with Crippen LogP contribution in [-0.4, -0.2) is 31.3 Å². The summed E-state index contributed by atoms with van der Waals surface area (Å²) in [5.74, 6) is 0.966. The molecule has 0 saturated carbocycles. The summed E-state index contributed by atoms with van der Waals surface area (Å²) in [5, 5.41) is 0. The van der Waals surface area contributed by atoms with Gasteiger partial charge < -0.3 is 0 Å². The van der Waals surface area contributed by atoms with Crippen LogP contribution in [0.4, 0.5) is 0 Å². The Bertz CT molecular complexity index is 838. The van der Waals surface area contributed by atoms with Crippen molar-refractivity contribution in [2.45, 2.75) is 38.8 Å². The Morgan fingerprint density at radius 3 is 3.04 bits per heavy atom. The summed E-state index contributed by atoms with van der Waals surface area (Å²) in [6.07, 6.45) is 9.34. The van der Waals surface area contributed by atoms with Gasteiger partial charge in [0.15, 0.2) is 0 Å². The van der Waals surface area contributed by atoms with Crippen LogP contribution in [0.1, 0.15) is 41.7 Å². The van der Waals surface area contributed by atoms with E-state index in [2.05, 4.69) is 38.6 Å². The monoisotopic (exact) mass is 307 g/mol. The van der Waals surface area contributed by atoms with Crippen molar-refractivity contribution in [1.82, 2.24) is 24.3 Å². The molecule has 0 unspecified atom stereocenters. The van der Waals surface area contributed by atoms with Gasteiger partial charge >= 0.3 is 0 Å². The first-order chi connectivity index (χ1) is 11.2. The van der Waals surface area contributed by atoms with Crippen molar-refractivity contribution in [3.8, 4) is 0 Å². The van der Waals surface area contributed by atoms with Crippen LogP contribution in [0.2, 0.25) is 0 Å². The fraction of sp³-hybridized carbons (Fsp3) is 0.389. The molecule has 0 N–H and O–H groups in total. The molecule has 118 valence electrons. The largest absolute Gasteiger partial charge is 0.292 e. The van der Waals surface area contributed by atoms with Crippen LogP contribution in [0.15, 0.2) is 36.8 Å². The van der Waals surface area contributed by atoms with E-state index in [9.17, 15) is 0 Å². The van der Waals surface area contributed by atoms with Crippen LogP contribution in [-0.2, 0) is 13.0 Å². The van der Waals surface area contributed by atoms with E-state index in [-0.39, 0.29) is 0 Å². The van der Waals surface area contributed by atoms with Gasteiger partial charge in [-0.15, -0.1) is 0 Å². The predicted molar refractivity (Wildman–Crippen MR) is 89.1 cm³/mol. The summed E-state index contributed by atoms with van der Waals surface area (Å²) >= 11 is 0. The SMILES string of the molecule is Cc1nccc2nc(CN(C)[C@H]3CCCc4cccnc43)cn12. The molecule has 23 heavy (non-hydrogen) atoms. The van der Waals surface area contributed by atoms with Crippen LogP contribution >= 0.6 is 0 Å². The topological polar surface area (TPSA) is 46.3 Å². The number of aromatic nitrogens is 4. The molecule has 0 saturated heterocycles. The van der Waals surface area contributed by atoms with Gasteiger partial charge in [-0.2, -0.15) is 0 Å². The minimum Gasteiger partial charge on any atom is -0.292 e. The van der Waals surface area contributed by atoms with Crippen molar-refractivity contribution < 1.29 is 0 Å². The molecule has 0 bridgehead atoms. The van der Waals surface area contributed by atoms with Gasteiger partial charge in [0.25, 0.3) is 0 Å². The molecule has 3 heterocycles. The van der Waals surface area contributed by atoms with E-state index in [1.54, 1.807) is 0 Å². The number of imidazole rings is 1. The van der Waals surface area contributed by atoms with E-state index in [0.717, 1.165) is 36.6 Å². The van der Waals surface area contributed by atoms with Crippen molar-refractivity contribution in [1.29, 1.82) is 0 Å². The summed E-state index contributed by atoms with van der Waals surface area (Å²) < 4.78 is 2.05. The predicted octanol–water partition coefficient (Wildman–Crippen LogP) is 2.94. The summed E-state index contributed by atoms with van der Waals surface area (Å²) in [6, 6.07) is 6.58. The lowest BCUT2D eigenvalue weighted by Crippen LogP contribution is -2.28. The molecule has 0 fully saturated rings. The third-order valence-corrected chi connectivity index (χ3v) is 4.73. The highest BCUT2D eigenvalue weighted by Crippen LogP contribution is 2.32. The van der Waals surface area contributed by atoms with Crippen LogP contribution in [0.5, 0.6) is 0 Å². The number of fused-ring (bicyclic) bond motifs is 2. The Morgan fingerprint density at radius 2 is 2.17 bits per heavy atom. The van der Waals surface area contributed by atoms with E-state index in [4.69, 9.17) is 4.98 Å². The van der Waals surface area contributed by atoms with Gasteiger partial charge in [-0.1, -0.05) is 6.07 Å². The zero-order valence-corrected chi connectivity index (χ0v) is 13.6. The van der Waals surface area contributed by atoms with Gasteiger partial charge in [-0.3, -0.25) is 14.3 Å². The van der Waals surface area contributed by atoms with Crippen molar-refractivity contribution >= 4 is 5.65 Å². The Hall–Kier alpha value is -2.27. The van der Waals surface area contributed by atoms with Gasteiger partial charge in [0.05, 0.1) is 17.4 Å². The summed E-state index contributed by atoms with van der Waals surface area (Å²) in [6.45, 7) is 2.82. The first-order valence-corrected chi connectivity index (χ1v) is 8.16. The smallest absolute Gasteiger partial charge is 0.139 e. The molecule has 1 aliphatic carbocycles. The number of nitrogens with zero attached hydrogens (tertiary/aromatic N) is 5. The zero-order chi connectivity index (χ0) is 15.8. The second kappa shape index (κ2) is 5.74. The molecule has 3 aromatic rings. The van der Waals surface area contributed by atoms with Gasteiger partial charge in [-0.05, 0) is 50.9 Å². The molecule has 5 heteroatoms. The molecule has 0 amide bonds. The Balaban J connectivity index is 1.60. The van der Waals surface area contributed by atoms with Gasteiger partial charge in [-0.25, -0.2) is 9.97 Å². The van der Waals surface area contributed by atoms with Crippen LogP contribution in [0.3, 0.4) is 0 Å². The standard InChI is InChI=1S/C18H21N5/c1-13-19-10-8-17-21-15(12-23(13)17)11-22(2)16-7-3-5-14-6-4-9-20-18(14)16/h4,6,8-10,12,16H,3,5,7,11H2,1-2H3/t16-/m0/s1. The molecule has 0 radical (unpaired) electrons. The third kappa shape index (κ3) is 2.61. The molecular formula is C18H21N5. The fourth-order valence-corrected chi connectivity index (χ4v) is 3.55. The number of hydrogen-bond donors (Lipinski definition) is 0.